The van der Waals surface area contributed by atoms with E-state index in [9.17, 15) is 4.79 Å². The molecule has 0 bridgehead atoms. The highest BCUT2D eigenvalue weighted by Crippen LogP contribution is 2.27. The maximum absolute atomic E-state index is 12.4. The van der Waals surface area contributed by atoms with Gasteiger partial charge in [0.2, 0.25) is 5.91 Å². The minimum absolute atomic E-state index is 0.0180. The smallest absolute Gasteiger partial charge is 0.233 e. The van der Waals surface area contributed by atoms with E-state index in [1.807, 2.05) is 13.8 Å². The fraction of sp³-hybridized carbons (Fsp3) is 0.846. The number of carbonyl (C=O) groups is 1. The molecule has 1 atom stereocenters. The van der Waals surface area contributed by atoms with Crippen molar-refractivity contribution in [1.29, 1.82) is 0 Å². The molecule has 0 heterocycles. The maximum Gasteiger partial charge on any atom is 0.233 e. The van der Waals surface area contributed by atoms with Gasteiger partial charge in [-0.05, 0) is 25.2 Å². The first-order valence-electron chi connectivity index (χ1n) is 6.46. The third kappa shape index (κ3) is 3.66. The van der Waals surface area contributed by atoms with Gasteiger partial charge in [-0.15, -0.1) is 0 Å². The number of carbonyl (C=O) groups excluding carboxylic acids is 1. The highest BCUT2D eigenvalue weighted by Gasteiger charge is 2.38. The lowest BCUT2D eigenvalue weighted by Crippen LogP contribution is -2.52. The normalized spacial score (nSPS) is 13.5. The van der Waals surface area contributed by atoms with Gasteiger partial charge in [0.15, 0.2) is 0 Å². The molecular weight excluding hydrogens is 232 g/mol. The van der Waals surface area contributed by atoms with Crippen LogP contribution >= 0.6 is 12.2 Å². The van der Waals surface area contributed by atoms with Crippen LogP contribution < -0.4 is 11.1 Å². The lowest BCUT2D eigenvalue weighted by atomic mass is 9.80. The molecule has 4 heteroatoms. The fourth-order valence-electron chi connectivity index (χ4n) is 2.08. The molecule has 0 spiro atoms. The van der Waals surface area contributed by atoms with Gasteiger partial charge in [-0.25, -0.2) is 0 Å². The van der Waals surface area contributed by atoms with Crippen LogP contribution in [-0.2, 0) is 4.79 Å². The van der Waals surface area contributed by atoms with Crippen LogP contribution in [0.2, 0.25) is 0 Å². The summed E-state index contributed by atoms with van der Waals surface area (Å²) in [6.07, 6.45) is 2.22. The van der Waals surface area contributed by atoms with Gasteiger partial charge in [-0.1, -0.05) is 46.8 Å². The van der Waals surface area contributed by atoms with E-state index in [4.69, 9.17) is 18.0 Å². The van der Waals surface area contributed by atoms with Gasteiger partial charge in [0.1, 0.15) is 0 Å². The van der Waals surface area contributed by atoms with Crippen molar-refractivity contribution in [2.45, 2.75) is 59.9 Å². The van der Waals surface area contributed by atoms with Gasteiger partial charge < -0.3 is 11.1 Å². The Morgan fingerprint density at radius 1 is 1.29 bits per heavy atom. The van der Waals surface area contributed by atoms with Gasteiger partial charge >= 0.3 is 0 Å². The predicted octanol–water partition coefficient (Wildman–Crippen LogP) is 2.63. The third-order valence-electron chi connectivity index (χ3n) is 3.67. The molecule has 100 valence electrons. The van der Waals surface area contributed by atoms with Crippen LogP contribution in [0.3, 0.4) is 0 Å². The third-order valence-corrected chi connectivity index (χ3v) is 4.07. The van der Waals surface area contributed by atoms with E-state index in [-0.39, 0.29) is 11.9 Å². The Bertz CT molecular complexity index is 273. The van der Waals surface area contributed by atoms with Gasteiger partial charge in [0.25, 0.3) is 0 Å². The number of hydrogen-bond acceptors (Lipinski definition) is 2. The summed E-state index contributed by atoms with van der Waals surface area (Å²) in [7, 11) is 0. The largest absolute Gasteiger partial charge is 0.392 e. The van der Waals surface area contributed by atoms with E-state index in [0.717, 1.165) is 6.42 Å². The highest BCUT2D eigenvalue weighted by atomic mass is 32.1. The molecule has 0 aliphatic rings. The molecule has 1 unspecified atom stereocenters. The molecule has 0 aliphatic carbocycles. The van der Waals surface area contributed by atoms with E-state index >= 15 is 0 Å². The quantitative estimate of drug-likeness (QED) is 0.690. The van der Waals surface area contributed by atoms with E-state index in [1.165, 1.54) is 0 Å². The summed E-state index contributed by atoms with van der Waals surface area (Å²) in [4.78, 5) is 12.7. The van der Waals surface area contributed by atoms with Crippen LogP contribution in [0.15, 0.2) is 0 Å². The first kappa shape index (κ1) is 16.4. The van der Waals surface area contributed by atoms with Crippen molar-refractivity contribution in [3.8, 4) is 0 Å². The second-order valence-electron chi connectivity index (χ2n) is 4.89. The number of rotatable bonds is 7. The molecule has 17 heavy (non-hydrogen) atoms. The Hall–Kier alpha value is -0.640. The molecule has 0 radical (unpaired) electrons. The zero-order valence-electron chi connectivity index (χ0n) is 11.7. The molecule has 3 N–H and O–H groups in total. The Labute approximate surface area is 111 Å². The minimum Gasteiger partial charge on any atom is -0.392 e. The summed E-state index contributed by atoms with van der Waals surface area (Å²) in [6.45, 7) is 10.2. The van der Waals surface area contributed by atoms with Crippen molar-refractivity contribution >= 4 is 23.1 Å². The Morgan fingerprint density at radius 3 is 2.00 bits per heavy atom. The van der Waals surface area contributed by atoms with Crippen molar-refractivity contribution in [3.63, 3.8) is 0 Å². The molecule has 3 nitrogen and oxygen atoms in total. The second kappa shape index (κ2) is 6.94. The maximum atomic E-state index is 12.4. The lowest BCUT2D eigenvalue weighted by molar-refractivity contribution is -0.128. The van der Waals surface area contributed by atoms with Crippen molar-refractivity contribution in [2.24, 2.45) is 17.1 Å². The van der Waals surface area contributed by atoms with Gasteiger partial charge in [0, 0.05) is 6.04 Å². The molecule has 0 aromatic carbocycles. The van der Waals surface area contributed by atoms with Crippen LogP contribution in [0.5, 0.6) is 0 Å². The van der Waals surface area contributed by atoms with Crippen LogP contribution in [-0.4, -0.2) is 16.9 Å². The minimum atomic E-state index is -0.683. The second-order valence-corrected chi connectivity index (χ2v) is 5.33. The van der Waals surface area contributed by atoms with Crippen LogP contribution in [0, 0.1) is 11.3 Å². The number of hydrogen-bond donors (Lipinski definition) is 2. The summed E-state index contributed by atoms with van der Waals surface area (Å²) in [5, 5.41) is 3.08. The summed E-state index contributed by atoms with van der Waals surface area (Å²) >= 11 is 5.08. The summed E-state index contributed by atoms with van der Waals surface area (Å²) in [6, 6.07) is 0.189. The summed E-state index contributed by atoms with van der Waals surface area (Å²) in [5.41, 5.74) is 5.07. The van der Waals surface area contributed by atoms with E-state index < -0.39 is 5.41 Å². The highest BCUT2D eigenvalue weighted by molar-refractivity contribution is 7.80. The fourth-order valence-corrected chi connectivity index (χ4v) is 2.46. The van der Waals surface area contributed by atoms with Gasteiger partial charge in [-0.2, -0.15) is 0 Å². The first-order chi connectivity index (χ1) is 7.85. The average Bonchev–Trinajstić information content (AvgIpc) is 2.27. The zero-order valence-corrected chi connectivity index (χ0v) is 12.5. The zero-order chi connectivity index (χ0) is 13.6. The van der Waals surface area contributed by atoms with Crippen molar-refractivity contribution in [1.82, 2.24) is 5.32 Å². The van der Waals surface area contributed by atoms with E-state index in [2.05, 4.69) is 26.1 Å². The molecule has 0 aromatic rings. The standard InChI is InChI=1S/C13H26N2OS/c1-6-10(9(4)5)15-12(16)13(7-2,8-3)11(14)17/h9-10H,6-8H2,1-5H3,(H2,14,17)(H,15,16). The van der Waals surface area contributed by atoms with E-state index in [1.54, 1.807) is 0 Å². The Kier molecular flexibility index (Phi) is 6.68. The summed E-state index contributed by atoms with van der Waals surface area (Å²) in [5.74, 6) is 0.400. The lowest BCUT2D eigenvalue weighted by Gasteiger charge is -2.32. The monoisotopic (exact) mass is 258 g/mol. The Balaban J connectivity index is 4.93. The van der Waals surface area contributed by atoms with Crippen LogP contribution in [0.1, 0.15) is 53.9 Å². The number of amides is 1. The number of nitrogens with one attached hydrogen (secondary N) is 1. The predicted molar refractivity (Wildman–Crippen MR) is 76.9 cm³/mol. The first-order valence-corrected chi connectivity index (χ1v) is 6.87. The van der Waals surface area contributed by atoms with Crippen molar-refractivity contribution < 1.29 is 4.79 Å². The van der Waals surface area contributed by atoms with Gasteiger partial charge in [0.05, 0.1) is 10.4 Å². The molecule has 0 fully saturated rings. The Morgan fingerprint density at radius 2 is 1.76 bits per heavy atom. The SMILES string of the molecule is CCC(NC(=O)C(CC)(CC)C(N)=S)C(C)C. The number of thiocarbonyl (C=S) groups is 1. The summed E-state index contributed by atoms with van der Waals surface area (Å²) < 4.78 is 0. The van der Waals surface area contributed by atoms with Crippen molar-refractivity contribution in [3.05, 3.63) is 0 Å². The molecule has 0 aliphatic heterocycles. The van der Waals surface area contributed by atoms with Crippen LogP contribution in [0.25, 0.3) is 0 Å². The number of nitrogens with two attached hydrogens (primary N) is 1. The molecule has 0 saturated heterocycles. The molecule has 0 rings (SSSR count). The molecule has 0 aromatic heterocycles. The molecular formula is C13H26N2OS. The topological polar surface area (TPSA) is 55.1 Å². The van der Waals surface area contributed by atoms with E-state index in [0.29, 0.717) is 23.7 Å². The van der Waals surface area contributed by atoms with Crippen molar-refractivity contribution in [2.75, 3.05) is 0 Å². The molecule has 1 amide bonds. The van der Waals surface area contributed by atoms with Gasteiger partial charge in [-0.3, -0.25) is 4.79 Å². The van der Waals surface area contributed by atoms with Crippen LogP contribution in [0.4, 0.5) is 0 Å². The molecule has 0 saturated carbocycles. The average molecular weight is 258 g/mol.